The van der Waals surface area contributed by atoms with Gasteiger partial charge in [0, 0.05) is 18.1 Å². The van der Waals surface area contributed by atoms with Gasteiger partial charge in [-0.2, -0.15) is 0 Å². The predicted octanol–water partition coefficient (Wildman–Crippen LogP) is 6.03. The highest BCUT2D eigenvalue weighted by Crippen LogP contribution is 2.40. The highest BCUT2D eigenvalue weighted by Gasteiger charge is 2.24. The van der Waals surface area contributed by atoms with Gasteiger partial charge in [-0.05, 0) is 78.3 Å². The molecule has 0 radical (unpaired) electrons. The number of aromatic nitrogens is 2. The Morgan fingerprint density at radius 2 is 1.79 bits per heavy atom. The highest BCUT2D eigenvalue weighted by molar-refractivity contribution is 6.23. The molecule has 0 aliphatic rings. The summed E-state index contributed by atoms with van der Waals surface area (Å²) in [4.78, 5) is 33.9. The van der Waals surface area contributed by atoms with E-state index in [4.69, 9.17) is 14.5 Å². The van der Waals surface area contributed by atoms with E-state index < -0.39 is 11.9 Å². The zero-order valence-electron chi connectivity index (χ0n) is 23.1. The molecule has 4 aromatic rings. The number of rotatable bonds is 8. The summed E-state index contributed by atoms with van der Waals surface area (Å²) in [6.45, 7) is 7.70. The van der Waals surface area contributed by atoms with Gasteiger partial charge >= 0.3 is 11.9 Å². The molecule has 0 unspecified atom stereocenters. The predicted molar refractivity (Wildman–Crippen MR) is 150 cm³/mol. The van der Waals surface area contributed by atoms with Crippen LogP contribution in [0.4, 0.5) is 10.2 Å². The Kier molecular flexibility index (Phi) is 8.24. The van der Waals surface area contributed by atoms with E-state index in [9.17, 15) is 9.59 Å². The lowest BCUT2D eigenvalue weighted by molar-refractivity contribution is -0.140. The summed E-state index contributed by atoms with van der Waals surface area (Å²) in [6, 6.07) is 12.7. The number of fused-ring (bicyclic) bond motifs is 1. The van der Waals surface area contributed by atoms with E-state index in [1.54, 1.807) is 24.6 Å². The number of aliphatic imine (C=N–C) groups is 1. The van der Waals surface area contributed by atoms with Gasteiger partial charge in [0.15, 0.2) is 0 Å². The SMILES string of the molecule is CCc1c(C)c(F)cc(-c2c(CC(=O)OC)c(C)nc3c2cc(N=CC(=O)OCc2ccccc2)n3C)c1C. The van der Waals surface area contributed by atoms with Gasteiger partial charge in [0.2, 0.25) is 0 Å². The standard InChI is InChI=1S/C31H32FN3O4/c1-7-22-18(2)23(13-26(32)19(22)3)30-24(15-28(36)38-6)20(4)34-31-25(30)14-27(35(31)5)33-16-29(37)39-17-21-11-9-8-10-12-21/h8-14,16H,7,15,17H2,1-6H3. The zero-order chi connectivity index (χ0) is 28.3. The number of esters is 2. The molecular weight excluding hydrogens is 497 g/mol. The molecule has 0 bridgehead atoms. The lowest BCUT2D eigenvalue weighted by Gasteiger charge is -2.19. The Morgan fingerprint density at radius 1 is 1.08 bits per heavy atom. The van der Waals surface area contributed by atoms with E-state index in [0.717, 1.165) is 22.9 Å². The van der Waals surface area contributed by atoms with Gasteiger partial charge in [-0.15, -0.1) is 0 Å². The molecule has 0 aliphatic heterocycles. The minimum Gasteiger partial charge on any atom is -0.469 e. The molecule has 0 saturated heterocycles. The Hall–Kier alpha value is -4.33. The second kappa shape index (κ2) is 11.6. The fourth-order valence-electron chi connectivity index (χ4n) is 4.94. The number of halogens is 1. The fraction of sp³-hybridized carbons (Fsp3) is 0.290. The first-order valence-electron chi connectivity index (χ1n) is 12.8. The first-order chi connectivity index (χ1) is 18.7. The van der Waals surface area contributed by atoms with Crippen LogP contribution in [0.3, 0.4) is 0 Å². The van der Waals surface area contributed by atoms with Crippen LogP contribution in [0.15, 0.2) is 47.5 Å². The second-order valence-corrected chi connectivity index (χ2v) is 9.44. The smallest absolute Gasteiger partial charge is 0.349 e. The summed E-state index contributed by atoms with van der Waals surface area (Å²) < 4.78 is 27.2. The summed E-state index contributed by atoms with van der Waals surface area (Å²) in [5, 5.41) is 0.695. The van der Waals surface area contributed by atoms with Crippen molar-refractivity contribution in [2.24, 2.45) is 12.0 Å². The van der Waals surface area contributed by atoms with Crippen LogP contribution >= 0.6 is 0 Å². The van der Waals surface area contributed by atoms with Crippen molar-refractivity contribution in [1.29, 1.82) is 0 Å². The van der Waals surface area contributed by atoms with Crippen LogP contribution in [-0.2, 0) is 45.6 Å². The molecule has 0 aliphatic carbocycles. The number of benzene rings is 2. The fourth-order valence-corrected chi connectivity index (χ4v) is 4.94. The molecule has 2 aromatic carbocycles. The van der Waals surface area contributed by atoms with Crippen molar-refractivity contribution in [2.75, 3.05) is 7.11 Å². The van der Waals surface area contributed by atoms with E-state index in [-0.39, 0.29) is 18.8 Å². The van der Waals surface area contributed by atoms with Gasteiger partial charge in [-0.1, -0.05) is 37.3 Å². The lowest BCUT2D eigenvalue weighted by Crippen LogP contribution is -2.10. The number of carbonyl (C=O) groups excluding carboxylic acids is 2. The topological polar surface area (TPSA) is 82.8 Å². The molecule has 0 amide bonds. The average molecular weight is 530 g/mol. The van der Waals surface area contributed by atoms with Gasteiger partial charge in [-0.3, -0.25) is 4.79 Å². The summed E-state index contributed by atoms with van der Waals surface area (Å²) in [7, 11) is 3.13. The van der Waals surface area contributed by atoms with Crippen molar-refractivity contribution in [2.45, 2.75) is 47.1 Å². The van der Waals surface area contributed by atoms with Crippen LogP contribution in [0.1, 0.15) is 40.4 Å². The zero-order valence-corrected chi connectivity index (χ0v) is 23.1. The van der Waals surface area contributed by atoms with E-state index in [2.05, 4.69) is 4.99 Å². The number of nitrogens with zero attached hydrogens (tertiary/aromatic N) is 3. The molecule has 0 atom stereocenters. The maximum Gasteiger partial charge on any atom is 0.349 e. The minimum absolute atomic E-state index is 0.0176. The third-order valence-electron chi connectivity index (χ3n) is 7.09. The Morgan fingerprint density at radius 3 is 2.46 bits per heavy atom. The third kappa shape index (κ3) is 5.60. The van der Waals surface area contributed by atoms with Crippen molar-refractivity contribution in [3.05, 3.63) is 81.8 Å². The summed E-state index contributed by atoms with van der Waals surface area (Å²) in [6.07, 6.45) is 1.78. The first-order valence-corrected chi connectivity index (χ1v) is 12.8. The number of pyridine rings is 1. The number of aryl methyl sites for hydroxylation is 2. The van der Waals surface area contributed by atoms with E-state index in [1.165, 1.54) is 13.2 Å². The molecule has 2 heterocycles. The average Bonchev–Trinajstić information content (AvgIpc) is 3.24. The van der Waals surface area contributed by atoms with Crippen molar-refractivity contribution in [3.63, 3.8) is 0 Å². The summed E-state index contributed by atoms with van der Waals surface area (Å²) >= 11 is 0. The normalized spacial score (nSPS) is 11.4. The van der Waals surface area contributed by atoms with Crippen LogP contribution in [0.5, 0.6) is 0 Å². The summed E-state index contributed by atoms with van der Waals surface area (Å²) in [5.41, 5.74) is 6.62. The number of hydrogen-bond acceptors (Lipinski definition) is 6. The third-order valence-corrected chi connectivity index (χ3v) is 7.09. The van der Waals surface area contributed by atoms with Crippen LogP contribution in [0.2, 0.25) is 0 Å². The van der Waals surface area contributed by atoms with Crippen LogP contribution in [0.25, 0.3) is 22.2 Å². The minimum atomic E-state index is -0.580. The number of methoxy groups -OCH3 is 1. The summed E-state index contributed by atoms with van der Waals surface area (Å²) in [5.74, 6) is -0.846. The van der Waals surface area contributed by atoms with Gasteiger partial charge in [0.05, 0.1) is 13.5 Å². The van der Waals surface area contributed by atoms with Crippen molar-refractivity contribution >= 4 is 35.0 Å². The van der Waals surface area contributed by atoms with Crippen molar-refractivity contribution < 1.29 is 23.5 Å². The molecule has 0 N–H and O–H groups in total. The molecule has 0 spiro atoms. The first kappa shape index (κ1) is 27.7. The van der Waals surface area contributed by atoms with E-state index >= 15 is 4.39 Å². The largest absolute Gasteiger partial charge is 0.469 e. The molecule has 0 saturated carbocycles. The molecule has 0 fully saturated rings. The van der Waals surface area contributed by atoms with Gasteiger partial charge in [-0.25, -0.2) is 19.2 Å². The maximum atomic E-state index is 15.2. The molecule has 202 valence electrons. The molecule has 39 heavy (non-hydrogen) atoms. The number of ether oxygens (including phenoxy) is 2. The van der Waals surface area contributed by atoms with E-state index in [0.29, 0.717) is 51.2 Å². The maximum absolute atomic E-state index is 15.2. The van der Waals surface area contributed by atoms with Gasteiger partial charge < -0.3 is 14.0 Å². The van der Waals surface area contributed by atoms with Gasteiger partial charge in [0.1, 0.15) is 30.1 Å². The Labute approximate surface area is 227 Å². The molecule has 7 nitrogen and oxygen atoms in total. The lowest BCUT2D eigenvalue weighted by atomic mass is 9.87. The monoisotopic (exact) mass is 529 g/mol. The molecule has 8 heteroatoms. The number of carbonyl (C=O) groups is 2. The molecular formula is C31H32FN3O4. The number of hydrogen-bond donors (Lipinski definition) is 0. The molecule has 2 aromatic heterocycles. The van der Waals surface area contributed by atoms with Crippen LogP contribution in [-0.4, -0.2) is 34.8 Å². The second-order valence-electron chi connectivity index (χ2n) is 9.44. The van der Waals surface area contributed by atoms with Crippen LogP contribution < -0.4 is 0 Å². The quantitative estimate of drug-likeness (QED) is 0.206. The Bertz CT molecular complexity index is 1590. The van der Waals surface area contributed by atoms with Crippen molar-refractivity contribution in [1.82, 2.24) is 9.55 Å². The van der Waals surface area contributed by atoms with E-state index in [1.807, 2.05) is 51.1 Å². The Balaban J connectivity index is 1.84. The van der Waals surface area contributed by atoms with Crippen LogP contribution in [0, 0.1) is 26.6 Å². The van der Waals surface area contributed by atoms with Crippen molar-refractivity contribution in [3.8, 4) is 11.1 Å². The van der Waals surface area contributed by atoms with Gasteiger partial charge in [0.25, 0.3) is 0 Å². The molecule has 4 rings (SSSR count). The highest BCUT2D eigenvalue weighted by atomic mass is 19.1.